The van der Waals surface area contributed by atoms with E-state index in [1.54, 1.807) is 0 Å². The molecule has 0 radical (unpaired) electrons. The standard InChI is InChI=1S/C9H7ClS/c1-11-7-6-8-2-4-9(10)5-3-8/h2-5H,1H3. The average Bonchev–Trinajstić information content (AvgIpc) is 2.04. The average molecular weight is 183 g/mol. The predicted octanol–water partition coefficient (Wildman–Crippen LogP) is 3.01. The number of halogens is 1. The molecule has 0 aliphatic carbocycles. The fourth-order valence-corrected chi connectivity index (χ4v) is 0.989. The van der Waals surface area contributed by atoms with Crippen molar-refractivity contribution in [1.82, 2.24) is 0 Å². The van der Waals surface area contributed by atoms with E-state index in [4.69, 9.17) is 11.6 Å². The molecule has 0 amide bonds. The zero-order valence-electron chi connectivity index (χ0n) is 6.10. The van der Waals surface area contributed by atoms with E-state index in [1.807, 2.05) is 30.5 Å². The monoisotopic (exact) mass is 182 g/mol. The van der Waals surface area contributed by atoms with Crippen molar-refractivity contribution >= 4 is 23.4 Å². The minimum absolute atomic E-state index is 0.750. The third-order valence-corrected chi connectivity index (χ3v) is 1.70. The van der Waals surface area contributed by atoms with Crippen LogP contribution in [0.4, 0.5) is 0 Å². The first-order valence-electron chi connectivity index (χ1n) is 3.12. The van der Waals surface area contributed by atoms with Gasteiger partial charge in [0, 0.05) is 10.6 Å². The summed E-state index contributed by atoms with van der Waals surface area (Å²) in [5.41, 5.74) is 1.00. The highest BCUT2D eigenvalue weighted by molar-refractivity contribution is 8.03. The molecule has 0 saturated carbocycles. The summed E-state index contributed by atoms with van der Waals surface area (Å²) in [6.07, 6.45) is 1.95. The lowest BCUT2D eigenvalue weighted by Gasteiger charge is -1.88. The maximum absolute atomic E-state index is 5.69. The van der Waals surface area contributed by atoms with Gasteiger partial charge in [-0.15, -0.1) is 0 Å². The van der Waals surface area contributed by atoms with E-state index in [2.05, 4.69) is 11.2 Å². The molecule has 0 nitrogen and oxygen atoms in total. The largest absolute Gasteiger partial charge is 0.0843 e. The molecule has 0 unspecified atom stereocenters. The van der Waals surface area contributed by atoms with Crippen molar-refractivity contribution in [1.29, 1.82) is 0 Å². The van der Waals surface area contributed by atoms with Crippen molar-refractivity contribution in [2.24, 2.45) is 0 Å². The fourth-order valence-electron chi connectivity index (χ4n) is 0.643. The Morgan fingerprint density at radius 1 is 1.27 bits per heavy atom. The van der Waals surface area contributed by atoms with Gasteiger partial charge in [0.1, 0.15) is 0 Å². The van der Waals surface area contributed by atoms with Gasteiger partial charge in [-0.1, -0.05) is 29.3 Å². The van der Waals surface area contributed by atoms with Gasteiger partial charge < -0.3 is 0 Å². The van der Waals surface area contributed by atoms with Crippen molar-refractivity contribution in [2.45, 2.75) is 0 Å². The van der Waals surface area contributed by atoms with E-state index in [0.717, 1.165) is 10.6 Å². The molecule has 0 spiro atoms. The molecule has 0 heterocycles. The second-order valence-corrected chi connectivity index (χ2v) is 2.99. The van der Waals surface area contributed by atoms with E-state index in [0.29, 0.717) is 0 Å². The number of rotatable bonds is 0. The van der Waals surface area contributed by atoms with Gasteiger partial charge in [-0.3, -0.25) is 0 Å². The summed E-state index contributed by atoms with van der Waals surface area (Å²) in [7, 11) is 0. The Kier molecular flexibility index (Phi) is 3.35. The topological polar surface area (TPSA) is 0 Å². The number of thioether (sulfide) groups is 1. The molecule has 0 saturated heterocycles. The van der Waals surface area contributed by atoms with Crippen molar-refractivity contribution in [3.8, 4) is 11.2 Å². The Balaban J connectivity index is 2.82. The molecule has 0 aromatic heterocycles. The van der Waals surface area contributed by atoms with Crippen LogP contribution in [0.15, 0.2) is 24.3 Å². The number of hydrogen-bond donors (Lipinski definition) is 0. The molecule has 56 valence electrons. The van der Waals surface area contributed by atoms with Crippen LogP contribution in [-0.4, -0.2) is 6.26 Å². The molecule has 1 rings (SSSR count). The van der Waals surface area contributed by atoms with Gasteiger partial charge in [-0.05, 0) is 35.8 Å². The third-order valence-electron chi connectivity index (χ3n) is 1.14. The fraction of sp³-hybridized carbons (Fsp3) is 0.111. The molecule has 0 N–H and O–H groups in total. The molecular weight excluding hydrogens is 176 g/mol. The lowest BCUT2D eigenvalue weighted by atomic mass is 10.2. The van der Waals surface area contributed by atoms with E-state index in [1.165, 1.54) is 11.8 Å². The normalized spacial score (nSPS) is 8.55. The second-order valence-electron chi connectivity index (χ2n) is 1.94. The summed E-state index contributed by atoms with van der Waals surface area (Å²) in [5.74, 6) is 2.98. The van der Waals surface area contributed by atoms with Crippen LogP contribution < -0.4 is 0 Å². The lowest BCUT2D eigenvalue weighted by molar-refractivity contribution is 1.65. The van der Waals surface area contributed by atoms with E-state index >= 15 is 0 Å². The maximum Gasteiger partial charge on any atom is 0.0406 e. The highest BCUT2D eigenvalue weighted by Gasteiger charge is 1.85. The summed E-state index contributed by atoms with van der Waals surface area (Å²) in [6.45, 7) is 0. The van der Waals surface area contributed by atoms with Crippen LogP contribution in [0.1, 0.15) is 5.56 Å². The Hall–Kier alpha value is -0.580. The van der Waals surface area contributed by atoms with Crippen molar-refractivity contribution < 1.29 is 0 Å². The predicted molar refractivity (Wildman–Crippen MR) is 51.8 cm³/mol. The third kappa shape index (κ3) is 2.88. The summed E-state index contributed by atoms with van der Waals surface area (Å²) >= 11 is 7.20. The van der Waals surface area contributed by atoms with Gasteiger partial charge in [0.15, 0.2) is 0 Å². The van der Waals surface area contributed by atoms with Crippen LogP contribution in [0, 0.1) is 11.2 Å². The molecular formula is C9H7ClS. The Morgan fingerprint density at radius 2 is 1.91 bits per heavy atom. The van der Waals surface area contributed by atoms with Gasteiger partial charge in [0.05, 0.1) is 0 Å². The molecule has 0 atom stereocenters. The van der Waals surface area contributed by atoms with Crippen molar-refractivity contribution in [3.05, 3.63) is 34.9 Å². The van der Waals surface area contributed by atoms with Crippen LogP contribution in [0.25, 0.3) is 0 Å². The Bertz CT molecular complexity index is 279. The second kappa shape index (κ2) is 4.33. The van der Waals surface area contributed by atoms with Crippen LogP contribution in [0.2, 0.25) is 5.02 Å². The quantitative estimate of drug-likeness (QED) is 0.556. The molecule has 0 aliphatic heterocycles. The molecule has 0 fully saturated rings. The first kappa shape index (κ1) is 8.52. The first-order chi connectivity index (χ1) is 5.33. The molecule has 0 aliphatic rings. The number of benzene rings is 1. The minimum atomic E-state index is 0.750. The van der Waals surface area contributed by atoms with Gasteiger partial charge in [0.25, 0.3) is 0 Å². The van der Waals surface area contributed by atoms with E-state index < -0.39 is 0 Å². The zero-order valence-corrected chi connectivity index (χ0v) is 7.67. The summed E-state index contributed by atoms with van der Waals surface area (Å²) in [4.78, 5) is 0. The molecule has 2 heteroatoms. The van der Waals surface area contributed by atoms with Gasteiger partial charge >= 0.3 is 0 Å². The van der Waals surface area contributed by atoms with Gasteiger partial charge in [-0.2, -0.15) is 0 Å². The molecule has 11 heavy (non-hydrogen) atoms. The maximum atomic E-state index is 5.69. The van der Waals surface area contributed by atoms with E-state index in [-0.39, 0.29) is 0 Å². The smallest absolute Gasteiger partial charge is 0.0406 e. The van der Waals surface area contributed by atoms with Crippen molar-refractivity contribution in [2.75, 3.05) is 6.26 Å². The highest BCUT2D eigenvalue weighted by atomic mass is 35.5. The lowest BCUT2D eigenvalue weighted by Crippen LogP contribution is -1.70. The summed E-state index contributed by atoms with van der Waals surface area (Å²) in [6, 6.07) is 7.49. The summed E-state index contributed by atoms with van der Waals surface area (Å²) < 4.78 is 0. The number of hydrogen-bond acceptors (Lipinski definition) is 1. The highest BCUT2D eigenvalue weighted by Crippen LogP contribution is 2.08. The van der Waals surface area contributed by atoms with Gasteiger partial charge in [-0.25, -0.2) is 0 Å². The van der Waals surface area contributed by atoms with E-state index in [9.17, 15) is 0 Å². The van der Waals surface area contributed by atoms with Crippen molar-refractivity contribution in [3.63, 3.8) is 0 Å². The molecule has 1 aromatic rings. The molecule has 0 bridgehead atoms. The minimum Gasteiger partial charge on any atom is -0.0843 e. The summed E-state index contributed by atoms with van der Waals surface area (Å²) in [5, 5.41) is 3.66. The van der Waals surface area contributed by atoms with Crippen LogP contribution in [0.5, 0.6) is 0 Å². The SMILES string of the molecule is CSC#Cc1ccc(Cl)cc1. The Labute approximate surface area is 76.0 Å². The van der Waals surface area contributed by atoms with Crippen LogP contribution in [0.3, 0.4) is 0 Å². The van der Waals surface area contributed by atoms with Gasteiger partial charge in [0.2, 0.25) is 0 Å². The molecule has 1 aromatic carbocycles. The Morgan fingerprint density at radius 3 is 2.45 bits per heavy atom. The first-order valence-corrected chi connectivity index (χ1v) is 4.73. The van der Waals surface area contributed by atoms with Crippen LogP contribution in [-0.2, 0) is 0 Å². The zero-order chi connectivity index (χ0) is 8.10. The van der Waals surface area contributed by atoms with Crippen LogP contribution >= 0.6 is 23.4 Å².